The van der Waals surface area contributed by atoms with Crippen molar-refractivity contribution in [3.63, 3.8) is 0 Å². The number of hydrogen-bond acceptors (Lipinski definition) is 4. The van der Waals surface area contributed by atoms with E-state index in [-0.39, 0.29) is 23.9 Å². The molecule has 0 spiro atoms. The van der Waals surface area contributed by atoms with E-state index in [1.54, 1.807) is 0 Å². The molecular formula is C20H37NO3. The van der Waals surface area contributed by atoms with Gasteiger partial charge < -0.3 is 14.7 Å². The fourth-order valence-corrected chi connectivity index (χ4v) is 4.76. The van der Waals surface area contributed by atoms with E-state index < -0.39 is 5.60 Å². The average Bonchev–Trinajstić information content (AvgIpc) is 2.60. The zero-order valence-electron chi connectivity index (χ0n) is 15.9. The van der Waals surface area contributed by atoms with Crippen LogP contribution in [0.4, 0.5) is 0 Å². The van der Waals surface area contributed by atoms with Gasteiger partial charge in [0, 0.05) is 6.54 Å². The molecule has 0 aromatic carbocycles. The zero-order valence-corrected chi connectivity index (χ0v) is 15.9. The van der Waals surface area contributed by atoms with E-state index in [9.17, 15) is 9.90 Å². The normalized spacial score (nSPS) is 30.3. The van der Waals surface area contributed by atoms with Gasteiger partial charge in [0.15, 0.2) is 0 Å². The number of carbonyl (C=O) groups excluding carboxylic acids is 1. The lowest BCUT2D eigenvalue weighted by Gasteiger charge is -2.45. The second-order valence-electron chi connectivity index (χ2n) is 7.86. The third kappa shape index (κ3) is 4.72. The summed E-state index contributed by atoms with van der Waals surface area (Å²) in [5.41, 5.74) is -0.829. The molecule has 1 unspecified atom stereocenters. The molecular weight excluding hydrogens is 302 g/mol. The van der Waals surface area contributed by atoms with Gasteiger partial charge in [-0.3, -0.25) is 4.79 Å². The highest BCUT2D eigenvalue weighted by atomic mass is 16.5. The molecule has 2 rings (SSSR count). The maximum absolute atomic E-state index is 12.8. The maximum Gasteiger partial charge on any atom is 0.312 e. The SMILES string of the molecule is CCN(CC)CC(C)OC(=O)[C@@H]1CCCC[C@@]1(O)C1CCCCC1. The van der Waals surface area contributed by atoms with Gasteiger partial charge in [-0.1, -0.05) is 46.0 Å². The molecule has 0 bridgehead atoms. The lowest BCUT2D eigenvalue weighted by molar-refractivity contribution is -0.176. The Morgan fingerprint density at radius 1 is 1.12 bits per heavy atom. The van der Waals surface area contributed by atoms with E-state index in [1.165, 1.54) is 19.3 Å². The molecule has 140 valence electrons. The summed E-state index contributed by atoms with van der Waals surface area (Å²) in [4.78, 5) is 15.1. The molecule has 2 aliphatic carbocycles. The molecule has 2 aliphatic rings. The highest BCUT2D eigenvalue weighted by Gasteiger charge is 2.49. The molecule has 4 nitrogen and oxygen atoms in total. The average molecular weight is 340 g/mol. The van der Waals surface area contributed by atoms with Gasteiger partial charge in [0.1, 0.15) is 6.10 Å². The van der Waals surface area contributed by atoms with Crippen molar-refractivity contribution in [1.29, 1.82) is 0 Å². The summed E-state index contributed by atoms with van der Waals surface area (Å²) in [6.07, 6.45) is 9.26. The van der Waals surface area contributed by atoms with Crippen molar-refractivity contribution in [2.75, 3.05) is 19.6 Å². The summed E-state index contributed by atoms with van der Waals surface area (Å²) in [5, 5.41) is 11.4. The van der Waals surface area contributed by atoms with Crippen molar-refractivity contribution < 1.29 is 14.6 Å². The molecule has 24 heavy (non-hydrogen) atoms. The lowest BCUT2D eigenvalue weighted by Crippen LogP contribution is -2.52. The van der Waals surface area contributed by atoms with Crippen LogP contribution in [-0.2, 0) is 9.53 Å². The lowest BCUT2D eigenvalue weighted by atomic mass is 9.64. The van der Waals surface area contributed by atoms with Crippen molar-refractivity contribution in [2.45, 2.75) is 90.3 Å². The summed E-state index contributed by atoms with van der Waals surface area (Å²) < 4.78 is 5.77. The first-order chi connectivity index (χ1) is 11.5. The molecule has 0 radical (unpaired) electrons. The Balaban J connectivity index is 1.99. The van der Waals surface area contributed by atoms with E-state index in [0.29, 0.717) is 0 Å². The molecule has 0 aromatic heterocycles. The van der Waals surface area contributed by atoms with E-state index in [2.05, 4.69) is 18.7 Å². The van der Waals surface area contributed by atoms with Crippen LogP contribution >= 0.6 is 0 Å². The van der Waals surface area contributed by atoms with Crippen molar-refractivity contribution in [3.8, 4) is 0 Å². The summed E-state index contributed by atoms with van der Waals surface area (Å²) in [7, 11) is 0. The first-order valence-electron chi connectivity index (χ1n) is 10.2. The fraction of sp³-hybridized carbons (Fsp3) is 0.950. The van der Waals surface area contributed by atoms with E-state index in [4.69, 9.17) is 4.74 Å². The van der Waals surface area contributed by atoms with Gasteiger partial charge in [0.25, 0.3) is 0 Å². The minimum atomic E-state index is -0.829. The molecule has 0 saturated heterocycles. The highest BCUT2D eigenvalue weighted by molar-refractivity contribution is 5.74. The van der Waals surface area contributed by atoms with E-state index in [0.717, 1.165) is 58.2 Å². The molecule has 2 fully saturated rings. The molecule has 3 atom stereocenters. The Hall–Kier alpha value is -0.610. The molecule has 2 saturated carbocycles. The van der Waals surface area contributed by atoms with Gasteiger partial charge in [-0.15, -0.1) is 0 Å². The quantitative estimate of drug-likeness (QED) is 0.718. The number of ether oxygens (including phenoxy) is 1. The van der Waals surface area contributed by atoms with Crippen LogP contribution in [0.15, 0.2) is 0 Å². The van der Waals surface area contributed by atoms with Crippen LogP contribution < -0.4 is 0 Å². The van der Waals surface area contributed by atoms with Crippen LogP contribution in [0.25, 0.3) is 0 Å². The van der Waals surface area contributed by atoms with Crippen LogP contribution in [0.1, 0.15) is 78.6 Å². The second-order valence-corrected chi connectivity index (χ2v) is 7.86. The first kappa shape index (κ1) is 19.7. The summed E-state index contributed by atoms with van der Waals surface area (Å²) in [5.74, 6) is -0.210. The largest absolute Gasteiger partial charge is 0.461 e. The number of nitrogens with zero attached hydrogens (tertiary/aromatic N) is 1. The molecule has 0 aliphatic heterocycles. The third-order valence-electron chi connectivity index (χ3n) is 6.25. The Bertz CT molecular complexity index is 390. The van der Waals surface area contributed by atoms with Gasteiger partial charge in [0.05, 0.1) is 11.5 Å². The number of likely N-dealkylation sites (N-methyl/N-ethyl adjacent to an activating group) is 1. The minimum absolute atomic E-state index is 0.116. The van der Waals surface area contributed by atoms with Gasteiger partial charge in [0.2, 0.25) is 0 Å². The van der Waals surface area contributed by atoms with Crippen molar-refractivity contribution in [1.82, 2.24) is 4.90 Å². The predicted octanol–water partition coefficient (Wildman–Crippen LogP) is 3.76. The topological polar surface area (TPSA) is 49.8 Å². The Morgan fingerprint density at radius 3 is 2.38 bits per heavy atom. The Kier molecular flexibility index (Phi) is 7.55. The van der Waals surface area contributed by atoms with Gasteiger partial charge >= 0.3 is 5.97 Å². The number of rotatable bonds is 7. The monoisotopic (exact) mass is 339 g/mol. The summed E-state index contributed by atoms with van der Waals surface area (Å²) in [6, 6.07) is 0. The Labute approximate surface area is 147 Å². The third-order valence-corrected chi connectivity index (χ3v) is 6.25. The van der Waals surface area contributed by atoms with E-state index >= 15 is 0 Å². The zero-order chi connectivity index (χ0) is 17.6. The molecule has 0 aromatic rings. The second kappa shape index (κ2) is 9.19. The first-order valence-corrected chi connectivity index (χ1v) is 10.2. The van der Waals surface area contributed by atoms with Crippen molar-refractivity contribution in [2.24, 2.45) is 11.8 Å². The predicted molar refractivity (Wildman–Crippen MR) is 96.8 cm³/mol. The number of carbonyl (C=O) groups is 1. The molecule has 1 N–H and O–H groups in total. The molecule has 0 heterocycles. The van der Waals surface area contributed by atoms with Crippen LogP contribution in [0.2, 0.25) is 0 Å². The van der Waals surface area contributed by atoms with Crippen LogP contribution in [0, 0.1) is 11.8 Å². The van der Waals surface area contributed by atoms with Gasteiger partial charge in [-0.25, -0.2) is 0 Å². The van der Waals surface area contributed by atoms with Crippen molar-refractivity contribution in [3.05, 3.63) is 0 Å². The van der Waals surface area contributed by atoms with Gasteiger partial charge in [-0.2, -0.15) is 0 Å². The number of esters is 1. The van der Waals surface area contributed by atoms with Gasteiger partial charge in [-0.05, 0) is 51.6 Å². The minimum Gasteiger partial charge on any atom is -0.461 e. The number of hydrogen-bond donors (Lipinski definition) is 1. The molecule has 0 amide bonds. The van der Waals surface area contributed by atoms with Crippen LogP contribution in [0.5, 0.6) is 0 Å². The molecule has 4 heteroatoms. The summed E-state index contributed by atoms with van der Waals surface area (Å²) in [6.45, 7) is 8.93. The maximum atomic E-state index is 12.8. The highest BCUT2D eigenvalue weighted by Crippen LogP contribution is 2.45. The Morgan fingerprint density at radius 2 is 1.75 bits per heavy atom. The van der Waals surface area contributed by atoms with Crippen LogP contribution in [-0.4, -0.2) is 47.3 Å². The fourth-order valence-electron chi connectivity index (χ4n) is 4.76. The smallest absolute Gasteiger partial charge is 0.312 e. The van der Waals surface area contributed by atoms with Crippen molar-refractivity contribution >= 4 is 5.97 Å². The summed E-state index contributed by atoms with van der Waals surface area (Å²) >= 11 is 0. The standard InChI is InChI=1S/C20H37NO3/c1-4-21(5-2)15-16(3)24-19(22)18-13-9-10-14-20(18,23)17-11-7-6-8-12-17/h16-18,23H,4-15H2,1-3H3/t16?,18-,20+/m0/s1. The van der Waals surface area contributed by atoms with Crippen LogP contribution in [0.3, 0.4) is 0 Å². The number of aliphatic hydroxyl groups is 1. The van der Waals surface area contributed by atoms with E-state index in [1.807, 2.05) is 6.92 Å².